The molecule has 0 saturated carbocycles. The van der Waals surface area contributed by atoms with Gasteiger partial charge in [0.25, 0.3) is 0 Å². The number of hydrogen-bond donors (Lipinski definition) is 2. The zero-order valence-corrected chi connectivity index (χ0v) is 10.7. The van der Waals surface area contributed by atoms with Gasteiger partial charge in [-0.15, -0.1) is 0 Å². The quantitative estimate of drug-likeness (QED) is 0.797. The Morgan fingerprint density at radius 2 is 1.94 bits per heavy atom. The molecular formula is C14H21NO2. The first-order valence-corrected chi connectivity index (χ1v) is 5.91. The molecule has 0 bridgehead atoms. The number of hydrogen-bond acceptors (Lipinski definition) is 2. The zero-order valence-electron chi connectivity index (χ0n) is 10.7. The molecule has 2 N–H and O–H groups in total. The molecule has 0 spiro atoms. The fourth-order valence-corrected chi connectivity index (χ4v) is 1.76. The molecule has 94 valence electrons. The average Bonchev–Trinajstić information content (AvgIpc) is 2.25. The van der Waals surface area contributed by atoms with Crippen LogP contribution in [-0.4, -0.2) is 17.6 Å². The fourth-order valence-electron chi connectivity index (χ4n) is 1.76. The third kappa shape index (κ3) is 5.00. The Hall–Kier alpha value is -1.35. The molecule has 1 rings (SSSR count). The van der Waals surface area contributed by atoms with E-state index in [1.807, 2.05) is 32.0 Å². The summed E-state index contributed by atoms with van der Waals surface area (Å²) in [6, 6.07) is 10.4. The smallest absolute Gasteiger partial charge is 0.303 e. The van der Waals surface area contributed by atoms with Crippen LogP contribution in [0.2, 0.25) is 0 Å². The fraction of sp³-hybridized carbons (Fsp3) is 0.500. The van der Waals surface area contributed by atoms with Crippen molar-refractivity contribution < 1.29 is 9.90 Å². The van der Waals surface area contributed by atoms with Crippen LogP contribution in [-0.2, 0) is 4.79 Å². The van der Waals surface area contributed by atoms with Gasteiger partial charge in [0, 0.05) is 12.6 Å². The lowest BCUT2D eigenvalue weighted by molar-refractivity contribution is -0.139. The lowest BCUT2D eigenvalue weighted by atomic mass is 9.89. The molecule has 1 aromatic carbocycles. The molecule has 17 heavy (non-hydrogen) atoms. The summed E-state index contributed by atoms with van der Waals surface area (Å²) in [4.78, 5) is 10.7. The lowest BCUT2D eigenvalue weighted by Gasteiger charge is -2.25. The van der Waals surface area contributed by atoms with Gasteiger partial charge in [-0.05, 0) is 17.9 Å². The highest BCUT2D eigenvalue weighted by atomic mass is 16.4. The molecule has 1 atom stereocenters. The maximum absolute atomic E-state index is 10.7. The Labute approximate surface area is 103 Å². The van der Waals surface area contributed by atoms with E-state index in [0.29, 0.717) is 6.54 Å². The predicted octanol–water partition coefficient (Wildman–Crippen LogP) is 2.84. The summed E-state index contributed by atoms with van der Waals surface area (Å²) in [6.07, 6.45) is 0.182. The van der Waals surface area contributed by atoms with Crippen LogP contribution in [0.15, 0.2) is 30.3 Å². The Bertz CT molecular complexity index is 360. The van der Waals surface area contributed by atoms with Crippen molar-refractivity contribution >= 4 is 5.97 Å². The number of nitrogens with one attached hydrogen (secondary N) is 1. The van der Waals surface area contributed by atoms with E-state index < -0.39 is 5.97 Å². The minimum absolute atomic E-state index is 0.182. The molecule has 0 aliphatic carbocycles. The van der Waals surface area contributed by atoms with Crippen LogP contribution in [0.3, 0.4) is 0 Å². The zero-order chi connectivity index (χ0) is 12.9. The molecule has 0 aliphatic heterocycles. The minimum atomic E-state index is -0.746. The number of benzene rings is 1. The van der Waals surface area contributed by atoms with E-state index in [4.69, 9.17) is 5.11 Å². The summed E-state index contributed by atoms with van der Waals surface area (Å²) in [6.45, 7) is 6.71. The van der Waals surface area contributed by atoms with E-state index in [0.717, 1.165) is 0 Å². The van der Waals surface area contributed by atoms with Gasteiger partial charge >= 0.3 is 5.97 Å². The average molecular weight is 235 g/mol. The first-order valence-electron chi connectivity index (χ1n) is 5.91. The Morgan fingerprint density at radius 1 is 1.35 bits per heavy atom. The lowest BCUT2D eigenvalue weighted by Crippen LogP contribution is -2.33. The minimum Gasteiger partial charge on any atom is -0.481 e. The summed E-state index contributed by atoms with van der Waals surface area (Å²) in [5, 5.41) is 12.2. The maximum atomic E-state index is 10.7. The molecule has 0 saturated heterocycles. The van der Waals surface area contributed by atoms with Crippen molar-refractivity contribution in [2.45, 2.75) is 33.2 Å². The Morgan fingerprint density at radius 3 is 2.47 bits per heavy atom. The number of carboxylic acid groups (broad SMARTS) is 1. The van der Waals surface area contributed by atoms with Gasteiger partial charge < -0.3 is 10.4 Å². The van der Waals surface area contributed by atoms with E-state index in [1.54, 1.807) is 0 Å². The molecular weight excluding hydrogens is 214 g/mol. The standard InChI is InChI=1S/C14H21NO2/c1-11(12-7-5-4-6-8-12)15-10-14(2,3)9-13(16)17/h4-8,11,15H,9-10H2,1-3H3,(H,16,17). The second-order valence-corrected chi connectivity index (χ2v) is 5.25. The number of rotatable bonds is 6. The number of carbonyl (C=O) groups is 1. The second-order valence-electron chi connectivity index (χ2n) is 5.25. The van der Waals surface area contributed by atoms with E-state index in [2.05, 4.69) is 24.4 Å². The first-order chi connectivity index (χ1) is 7.91. The monoisotopic (exact) mass is 235 g/mol. The maximum Gasteiger partial charge on any atom is 0.303 e. The largest absolute Gasteiger partial charge is 0.481 e. The van der Waals surface area contributed by atoms with Crippen LogP contribution in [0.1, 0.15) is 38.8 Å². The topological polar surface area (TPSA) is 49.3 Å². The van der Waals surface area contributed by atoms with Crippen molar-refractivity contribution in [3.63, 3.8) is 0 Å². The van der Waals surface area contributed by atoms with E-state index >= 15 is 0 Å². The molecule has 1 unspecified atom stereocenters. The molecule has 0 fully saturated rings. The summed E-state index contributed by atoms with van der Waals surface area (Å²) in [5.41, 5.74) is 0.994. The molecule has 3 nitrogen and oxygen atoms in total. The highest BCUT2D eigenvalue weighted by Gasteiger charge is 2.22. The summed E-state index contributed by atoms with van der Waals surface area (Å²) in [7, 11) is 0. The van der Waals surface area contributed by atoms with Crippen molar-refractivity contribution in [3.8, 4) is 0 Å². The van der Waals surface area contributed by atoms with Crippen molar-refractivity contribution in [3.05, 3.63) is 35.9 Å². The second kappa shape index (κ2) is 5.82. The van der Waals surface area contributed by atoms with Gasteiger partial charge in [-0.1, -0.05) is 44.2 Å². The van der Waals surface area contributed by atoms with Crippen LogP contribution < -0.4 is 5.32 Å². The molecule has 3 heteroatoms. The van der Waals surface area contributed by atoms with Crippen molar-refractivity contribution in [1.29, 1.82) is 0 Å². The molecule has 1 aromatic rings. The SMILES string of the molecule is CC(NCC(C)(C)CC(=O)O)c1ccccc1. The third-order valence-electron chi connectivity index (χ3n) is 2.82. The third-order valence-corrected chi connectivity index (χ3v) is 2.82. The van der Waals surface area contributed by atoms with Gasteiger partial charge in [-0.3, -0.25) is 4.79 Å². The van der Waals surface area contributed by atoms with E-state index in [9.17, 15) is 4.79 Å². The van der Waals surface area contributed by atoms with E-state index in [-0.39, 0.29) is 17.9 Å². The van der Waals surface area contributed by atoms with Crippen molar-refractivity contribution in [1.82, 2.24) is 5.32 Å². The van der Waals surface area contributed by atoms with Crippen molar-refractivity contribution in [2.75, 3.05) is 6.54 Å². The Balaban J connectivity index is 2.48. The number of carboxylic acids is 1. The van der Waals surface area contributed by atoms with Crippen LogP contribution in [0.25, 0.3) is 0 Å². The molecule has 0 heterocycles. The van der Waals surface area contributed by atoms with Gasteiger partial charge in [0.1, 0.15) is 0 Å². The predicted molar refractivity (Wildman–Crippen MR) is 68.9 cm³/mol. The number of aliphatic carboxylic acids is 1. The summed E-state index contributed by atoms with van der Waals surface area (Å²) >= 11 is 0. The van der Waals surface area contributed by atoms with Crippen LogP contribution in [0.4, 0.5) is 0 Å². The van der Waals surface area contributed by atoms with Gasteiger partial charge in [-0.2, -0.15) is 0 Å². The molecule has 0 radical (unpaired) electrons. The summed E-state index contributed by atoms with van der Waals surface area (Å²) < 4.78 is 0. The highest BCUT2D eigenvalue weighted by Crippen LogP contribution is 2.21. The summed E-state index contributed by atoms with van der Waals surface area (Å²) in [5.74, 6) is -0.746. The Kier molecular flexibility index (Phi) is 4.70. The van der Waals surface area contributed by atoms with Crippen LogP contribution >= 0.6 is 0 Å². The van der Waals surface area contributed by atoms with E-state index in [1.165, 1.54) is 5.56 Å². The normalized spacial score (nSPS) is 13.4. The van der Waals surface area contributed by atoms with Crippen molar-refractivity contribution in [2.24, 2.45) is 5.41 Å². The van der Waals surface area contributed by atoms with Crippen LogP contribution in [0.5, 0.6) is 0 Å². The van der Waals surface area contributed by atoms with Gasteiger partial charge in [-0.25, -0.2) is 0 Å². The van der Waals surface area contributed by atoms with Crippen LogP contribution in [0, 0.1) is 5.41 Å². The molecule has 0 aliphatic rings. The molecule has 0 aromatic heterocycles. The molecule has 0 amide bonds. The van der Waals surface area contributed by atoms with Gasteiger partial charge in [0.05, 0.1) is 6.42 Å². The van der Waals surface area contributed by atoms with Gasteiger partial charge in [0.2, 0.25) is 0 Å². The van der Waals surface area contributed by atoms with Gasteiger partial charge in [0.15, 0.2) is 0 Å². The highest BCUT2D eigenvalue weighted by molar-refractivity contribution is 5.67. The first kappa shape index (κ1) is 13.7.